The highest BCUT2D eigenvalue weighted by Gasteiger charge is 2.05. The third-order valence-electron chi connectivity index (χ3n) is 2.69. The fourth-order valence-electron chi connectivity index (χ4n) is 1.83. The van der Waals surface area contributed by atoms with Crippen LogP contribution in [0.25, 0.3) is 10.9 Å². The number of pyridine rings is 1. The Morgan fingerprint density at radius 2 is 1.79 bits per heavy atom. The molecular weight excluding hydrogens is 285 g/mol. The Morgan fingerprint density at radius 3 is 2.53 bits per heavy atom. The van der Waals surface area contributed by atoms with E-state index < -0.39 is 0 Å². The number of aryl methyl sites for hydroxylation is 1. The van der Waals surface area contributed by atoms with Crippen LogP contribution >= 0.6 is 23.2 Å². The first-order valence-electron chi connectivity index (χ1n) is 5.54. The Kier molecular flexibility index (Phi) is 3.05. The smallest absolute Gasteiger partial charge is 0.134 e. The standard InChI is InChI=1S/C13H9Cl2N3O/c1-18-11-4-9(3-2-8(11)7-16-18)19-10-5-12(14)17-13(15)6-10/h2-7H,1H3. The summed E-state index contributed by atoms with van der Waals surface area (Å²) in [6.45, 7) is 0. The van der Waals surface area contributed by atoms with Crippen molar-refractivity contribution in [3.05, 3.63) is 46.8 Å². The highest BCUT2D eigenvalue weighted by atomic mass is 35.5. The van der Waals surface area contributed by atoms with Gasteiger partial charge in [0.15, 0.2) is 0 Å². The molecule has 1 aromatic carbocycles. The second-order valence-electron chi connectivity index (χ2n) is 4.04. The minimum absolute atomic E-state index is 0.295. The Labute approximate surface area is 119 Å². The van der Waals surface area contributed by atoms with Gasteiger partial charge in [0.05, 0.1) is 11.7 Å². The molecule has 0 amide bonds. The average molecular weight is 294 g/mol. The molecule has 6 heteroatoms. The highest BCUT2D eigenvalue weighted by Crippen LogP contribution is 2.28. The first-order chi connectivity index (χ1) is 9.11. The Hall–Kier alpha value is -1.78. The monoisotopic (exact) mass is 293 g/mol. The number of rotatable bonds is 2. The second kappa shape index (κ2) is 4.72. The SMILES string of the molecule is Cn1ncc2ccc(Oc3cc(Cl)nc(Cl)c3)cc21. The van der Waals surface area contributed by atoms with Crippen LogP contribution in [0.5, 0.6) is 11.5 Å². The quantitative estimate of drug-likeness (QED) is 0.669. The molecule has 4 nitrogen and oxygen atoms in total. The van der Waals surface area contributed by atoms with Crippen LogP contribution in [0.4, 0.5) is 0 Å². The van der Waals surface area contributed by atoms with Crippen molar-refractivity contribution in [2.45, 2.75) is 0 Å². The maximum atomic E-state index is 5.83. The molecule has 0 aliphatic carbocycles. The molecule has 0 aliphatic heterocycles. The van der Waals surface area contributed by atoms with E-state index in [1.807, 2.05) is 25.2 Å². The van der Waals surface area contributed by atoms with Crippen molar-refractivity contribution in [3.8, 4) is 11.5 Å². The van der Waals surface area contributed by atoms with Crippen LogP contribution in [0.1, 0.15) is 0 Å². The maximum Gasteiger partial charge on any atom is 0.134 e. The molecule has 0 saturated carbocycles. The van der Waals surface area contributed by atoms with Crippen LogP contribution in [0.15, 0.2) is 36.5 Å². The Balaban J connectivity index is 1.98. The number of hydrogen-bond acceptors (Lipinski definition) is 3. The molecule has 0 saturated heterocycles. The summed E-state index contributed by atoms with van der Waals surface area (Å²) in [5, 5.41) is 5.83. The van der Waals surface area contributed by atoms with Gasteiger partial charge in [0.25, 0.3) is 0 Å². The summed E-state index contributed by atoms with van der Waals surface area (Å²) in [5.74, 6) is 1.24. The molecule has 2 aromatic heterocycles. The van der Waals surface area contributed by atoms with Crippen LogP contribution < -0.4 is 4.74 Å². The zero-order chi connectivity index (χ0) is 13.4. The fraction of sp³-hybridized carbons (Fsp3) is 0.0769. The minimum Gasteiger partial charge on any atom is -0.457 e. The number of hydrogen-bond donors (Lipinski definition) is 0. The predicted molar refractivity (Wildman–Crippen MR) is 75.0 cm³/mol. The van der Waals surface area contributed by atoms with Crippen molar-refractivity contribution in [3.63, 3.8) is 0 Å². The zero-order valence-electron chi connectivity index (χ0n) is 9.97. The van der Waals surface area contributed by atoms with E-state index in [9.17, 15) is 0 Å². The van der Waals surface area contributed by atoms with Crippen LogP contribution in [0.3, 0.4) is 0 Å². The van der Waals surface area contributed by atoms with E-state index in [-0.39, 0.29) is 0 Å². The summed E-state index contributed by atoms with van der Waals surface area (Å²) in [5.41, 5.74) is 0.990. The lowest BCUT2D eigenvalue weighted by atomic mass is 10.2. The van der Waals surface area contributed by atoms with Gasteiger partial charge in [-0.25, -0.2) is 4.98 Å². The van der Waals surface area contributed by atoms with Crippen LogP contribution in [0.2, 0.25) is 10.3 Å². The fourth-order valence-corrected chi connectivity index (χ4v) is 2.27. The third-order valence-corrected chi connectivity index (χ3v) is 3.08. The predicted octanol–water partition coefficient (Wildman–Crippen LogP) is 4.07. The lowest BCUT2D eigenvalue weighted by Crippen LogP contribution is -1.90. The Morgan fingerprint density at radius 1 is 1.05 bits per heavy atom. The van der Waals surface area contributed by atoms with Crippen LogP contribution in [-0.2, 0) is 7.05 Å². The summed E-state index contributed by atoms with van der Waals surface area (Å²) in [7, 11) is 1.88. The highest BCUT2D eigenvalue weighted by molar-refractivity contribution is 6.32. The molecule has 3 aromatic rings. The molecule has 0 aliphatic rings. The maximum absolute atomic E-state index is 5.83. The van der Waals surface area contributed by atoms with Gasteiger partial charge in [0.1, 0.15) is 21.8 Å². The molecule has 0 bridgehead atoms. The van der Waals surface area contributed by atoms with Crippen molar-refractivity contribution in [1.82, 2.24) is 14.8 Å². The minimum atomic E-state index is 0.295. The Bertz CT molecular complexity index is 734. The van der Waals surface area contributed by atoms with Crippen molar-refractivity contribution in [2.75, 3.05) is 0 Å². The molecule has 0 spiro atoms. The van der Waals surface area contributed by atoms with E-state index >= 15 is 0 Å². The second-order valence-corrected chi connectivity index (χ2v) is 4.81. The summed E-state index contributed by atoms with van der Waals surface area (Å²) in [6, 6.07) is 8.95. The van der Waals surface area contributed by atoms with Gasteiger partial charge in [-0.3, -0.25) is 4.68 Å². The molecule has 0 radical (unpaired) electrons. The van der Waals surface area contributed by atoms with Gasteiger partial charge in [-0.15, -0.1) is 0 Å². The summed E-state index contributed by atoms with van der Waals surface area (Å²) < 4.78 is 7.51. The summed E-state index contributed by atoms with van der Waals surface area (Å²) >= 11 is 11.7. The van der Waals surface area contributed by atoms with E-state index in [2.05, 4.69) is 10.1 Å². The number of halogens is 2. The van der Waals surface area contributed by atoms with Crippen molar-refractivity contribution >= 4 is 34.1 Å². The van der Waals surface area contributed by atoms with Gasteiger partial charge in [-0.2, -0.15) is 5.10 Å². The van der Waals surface area contributed by atoms with Crippen molar-refractivity contribution in [2.24, 2.45) is 7.05 Å². The molecule has 0 fully saturated rings. The normalized spacial score (nSPS) is 10.9. The molecule has 0 N–H and O–H groups in total. The first kappa shape index (κ1) is 12.3. The topological polar surface area (TPSA) is 39.9 Å². The molecule has 3 rings (SSSR count). The van der Waals surface area contributed by atoms with E-state index in [1.165, 1.54) is 0 Å². The lowest BCUT2D eigenvalue weighted by Gasteiger charge is -2.06. The lowest BCUT2D eigenvalue weighted by molar-refractivity contribution is 0.482. The zero-order valence-corrected chi connectivity index (χ0v) is 11.5. The molecular formula is C13H9Cl2N3O. The molecule has 19 heavy (non-hydrogen) atoms. The van der Waals surface area contributed by atoms with Gasteiger partial charge in [0, 0.05) is 30.6 Å². The number of aromatic nitrogens is 3. The van der Waals surface area contributed by atoms with Gasteiger partial charge in [-0.05, 0) is 12.1 Å². The summed E-state index contributed by atoms with van der Waals surface area (Å²) in [6.07, 6.45) is 1.80. The van der Waals surface area contributed by atoms with Gasteiger partial charge >= 0.3 is 0 Å². The molecule has 96 valence electrons. The van der Waals surface area contributed by atoms with E-state index in [1.54, 1.807) is 23.0 Å². The van der Waals surface area contributed by atoms with Crippen LogP contribution in [-0.4, -0.2) is 14.8 Å². The van der Waals surface area contributed by atoms with Crippen molar-refractivity contribution < 1.29 is 4.74 Å². The average Bonchev–Trinajstić information content (AvgIpc) is 2.70. The number of benzene rings is 1. The van der Waals surface area contributed by atoms with E-state index in [4.69, 9.17) is 27.9 Å². The third kappa shape index (κ3) is 2.50. The molecule has 0 atom stereocenters. The molecule has 0 unspecified atom stereocenters. The number of fused-ring (bicyclic) bond motifs is 1. The van der Waals surface area contributed by atoms with Crippen molar-refractivity contribution in [1.29, 1.82) is 0 Å². The van der Waals surface area contributed by atoms with E-state index in [0.29, 0.717) is 21.8 Å². The van der Waals surface area contributed by atoms with Crippen LogP contribution in [0, 0.1) is 0 Å². The van der Waals surface area contributed by atoms with Gasteiger partial charge < -0.3 is 4.74 Å². The first-order valence-corrected chi connectivity index (χ1v) is 6.30. The van der Waals surface area contributed by atoms with Gasteiger partial charge in [0.2, 0.25) is 0 Å². The largest absolute Gasteiger partial charge is 0.457 e. The summed E-state index contributed by atoms with van der Waals surface area (Å²) in [4.78, 5) is 3.87. The van der Waals surface area contributed by atoms with Gasteiger partial charge in [-0.1, -0.05) is 23.2 Å². The van der Waals surface area contributed by atoms with E-state index in [0.717, 1.165) is 10.9 Å². The number of nitrogens with zero attached hydrogens (tertiary/aromatic N) is 3. The molecule has 2 heterocycles. The number of ether oxygens (including phenoxy) is 1.